The van der Waals surface area contributed by atoms with Gasteiger partial charge in [0.25, 0.3) is 0 Å². The number of benzene rings is 1. The second-order valence-corrected chi connectivity index (χ2v) is 5.95. The number of rotatable bonds is 7. The highest BCUT2D eigenvalue weighted by atomic mass is 32.1. The Bertz CT molecular complexity index is 567. The summed E-state index contributed by atoms with van der Waals surface area (Å²) in [5, 5.41) is 7.95. The molecule has 0 spiro atoms. The van der Waals surface area contributed by atoms with Gasteiger partial charge in [0, 0.05) is 11.4 Å². The monoisotopic (exact) mass is 318 g/mol. The Labute approximate surface area is 135 Å². The normalized spacial score (nSPS) is 11.7. The predicted molar refractivity (Wildman–Crippen MR) is 90.6 cm³/mol. The fourth-order valence-corrected chi connectivity index (χ4v) is 3.05. The zero-order chi connectivity index (χ0) is 15.8. The van der Waals surface area contributed by atoms with Crippen molar-refractivity contribution in [3.63, 3.8) is 0 Å². The Balaban J connectivity index is 1.75. The molecular formula is C17H22N2O2S. The summed E-state index contributed by atoms with van der Waals surface area (Å²) in [6.07, 6.45) is 1.68. The molecule has 0 saturated carbocycles. The molecule has 1 atom stereocenters. The van der Waals surface area contributed by atoms with Crippen LogP contribution in [0.15, 0.2) is 41.8 Å². The zero-order valence-electron chi connectivity index (χ0n) is 13.0. The Hall–Kier alpha value is -2.01. The molecule has 22 heavy (non-hydrogen) atoms. The molecule has 2 rings (SSSR count). The van der Waals surface area contributed by atoms with Crippen LogP contribution < -0.4 is 15.4 Å². The van der Waals surface area contributed by atoms with Gasteiger partial charge in [0.1, 0.15) is 5.75 Å². The summed E-state index contributed by atoms with van der Waals surface area (Å²) in [4.78, 5) is 13.1. The number of nitrogens with one attached hydrogen (secondary N) is 2. The van der Waals surface area contributed by atoms with E-state index in [0.29, 0.717) is 6.54 Å². The second-order valence-electron chi connectivity index (χ2n) is 4.97. The molecule has 0 aliphatic heterocycles. The summed E-state index contributed by atoms with van der Waals surface area (Å²) >= 11 is 1.67. The van der Waals surface area contributed by atoms with Crippen LogP contribution in [0.1, 0.15) is 29.8 Å². The van der Waals surface area contributed by atoms with Gasteiger partial charge in [-0.25, -0.2) is 4.79 Å². The van der Waals surface area contributed by atoms with Gasteiger partial charge in [-0.1, -0.05) is 25.1 Å². The van der Waals surface area contributed by atoms with Crippen LogP contribution in [0, 0.1) is 0 Å². The Morgan fingerprint density at radius 2 is 2.05 bits per heavy atom. The van der Waals surface area contributed by atoms with Crippen LogP contribution in [0.5, 0.6) is 5.75 Å². The van der Waals surface area contributed by atoms with Gasteiger partial charge in [0.05, 0.1) is 13.2 Å². The van der Waals surface area contributed by atoms with E-state index in [1.165, 1.54) is 10.4 Å². The van der Waals surface area contributed by atoms with Crippen LogP contribution >= 0.6 is 11.3 Å². The summed E-state index contributed by atoms with van der Waals surface area (Å²) in [5.74, 6) is 0.844. The lowest BCUT2D eigenvalue weighted by Gasteiger charge is -2.16. The van der Waals surface area contributed by atoms with Gasteiger partial charge < -0.3 is 15.4 Å². The van der Waals surface area contributed by atoms with Crippen molar-refractivity contribution in [1.29, 1.82) is 0 Å². The first kappa shape index (κ1) is 16.4. The minimum atomic E-state index is -0.117. The van der Waals surface area contributed by atoms with Crippen LogP contribution in [0.2, 0.25) is 0 Å². The first-order chi connectivity index (χ1) is 10.7. The number of hydrogen-bond acceptors (Lipinski definition) is 3. The predicted octanol–water partition coefficient (Wildman–Crippen LogP) is 3.75. The molecule has 2 aromatic rings. The third kappa shape index (κ3) is 4.77. The van der Waals surface area contributed by atoms with Crippen molar-refractivity contribution in [2.45, 2.75) is 25.8 Å². The molecule has 5 heteroatoms. The average Bonchev–Trinajstić information content (AvgIpc) is 3.07. The van der Waals surface area contributed by atoms with E-state index in [9.17, 15) is 4.79 Å². The van der Waals surface area contributed by atoms with Gasteiger partial charge in [-0.3, -0.25) is 0 Å². The van der Waals surface area contributed by atoms with Gasteiger partial charge in [-0.2, -0.15) is 0 Å². The molecule has 1 aromatic heterocycles. The maximum absolute atomic E-state index is 12.0. The largest absolute Gasteiger partial charge is 0.497 e. The average molecular weight is 318 g/mol. The number of thiophene rings is 1. The number of methoxy groups -OCH3 is 1. The Kier molecular flexibility index (Phi) is 6.27. The van der Waals surface area contributed by atoms with Crippen molar-refractivity contribution in [2.75, 3.05) is 13.7 Å². The minimum absolute atomic E-state index is 0.0842. The lowest BCUT2D eigenvalue weighted by atomic mass is 10.1. The SMILES string of the molecule is CCC(NC(=O)NCCc1ccc(OC)cc1)c1cccs1. The third-order valence-corrected chi connectivity index (χ3v) is 4.44. The Morgan fingerprint density at radius 1 is 1.27 bits per heavy atom. The fraction of sp³-hybridized carbons (Fsp3) is 0.353. The number of hydrogen-bond donors (Lipinski definition) is 2. The summed E-state index contributed by atoms with van der Waals surface area (Å²) in [7, 11) is 1.65. The molecule has 1 heterocycles. The van der Waals surface area contributed by atoms with Gasteiger partial charge in [-0.15, -0.1) is 11.3 Å². The molecule has 0 aliphatic rings. The second kappa shape index (κ2) is 8.44. The van der Waals surface area contributed by atoms with Crippen LogP contribution in [0.4, 0.5) is 4.79 Å². The van der Waals surface area contributed by atoms with Gasteiger partial charge in [0.2, 0.25) is 0 Å². The van der Waals surface area contributed by atoms with E-state index < -0.39 is 0 Å². The van der Waals surface area contributed by atoms with Crippen LogP contribution in [0.25, 0.3) is 0 Å². The maximum atomic E-state index is 12.0. The topological polar surface area (TPSA) is 50.4 Å². The lowest BCUT2D eigenvalue weighted by molar-refractivity contribution is 0.237. The number of urea groups is 1. The minimum Gasteiger partial charge on any atom is -0.497 e. The Morgan fingerprint density at radius 3 is 2.64 bits per heavy atom. The van der Waals surface area contributed by atoms with Gasteiger partial charge >= 0.3 is 6.03 Å². The summed E-state index contributed by atoms with van der Waals surface area (Å²) in [6, 6.07) is 11.9. The van der Waals surface area contributed by atoms with Crippen molar-refractivity contribution >= 4 is 17.4 Å². The van der Waals surface area contributed by atoms with Crippen molar-refractivity contribution in [2.24, 2.45) is 0 Å². The molecule has 0 aliphatic carbocycles. The van der Waals surface area contributed by atoms with E-state index in [2.05, 4.69) is 23.6 Å². The van der Waals surface area contributed by atoms with E-state index in [0.717, 1.165) is 18.6 Å². The van der Waals surface area contributed by atoms with Gasteiger partial charge in [-0.05, 0) is 42.0 Å². The lowest BCUT2D eigenvalue weighted by Crippen LogP contribution is -2.38. The molecule has 2 amide bonds. The van der Waals surface area contributed by atoms with E-state index in [4.69, 9.17) is 4.74 Å². The molecule has 0 fully saturated rings. The highest BCUT2D eigenvalue weighted by Crippen LogP contribution is 2.21. The van der Waals surface area contributed by atoms with E-state index in [-0.39, 0.29) is 12.1 Å². The molecule has 2 N–H and O–H groups in total. The smallest absolute Gasteiger partial charge is 0.315 e. The van der Waals surface area contributed by atoms with E-state index in [1.54, 1.807) is 18.4 Å². The van der Waals surface area contributed by atoms with Gasteiger partial charge in [0.15, 0.2) is 0 Å². The number of ether oxygens (including phenoxy) is 1. The van der Waals surface area contributed by atoms with Crippen LogP contribution in [-0.2, 0) is 6.42 Å². The first-order valence-corrected chi connectivity index (χ1v) is 8.31. The number of carbonyl (C=O) groups is 1. The maximum Gasteiger partial charge on any atom is 0.315 e. The molecule has 118 valence electrons. The van der Waals surface area contributed by atoms with E-state index in [1.807, 2.05) is 35.7 Å². The molecule has 4 nitrogen and oxygen atoms in total. The van der Waals surface area contributed by atoms with Crippen molar-refractivity contribution < 1.29 is 9.53 Å². The fourth-order valence-electron chi connectivity index (χ4n) is 2.19. The molecular weight excluding hydrogens is 296 g/mol. The quantitative estimate of drug-likeness (QED) is 0.817. The highest BCUT2D eigenvalue weighted by Gasteiger charge is 2.12. The molecule has 1 aromatic carbocycles. The summed E-state index contributed by atoms with van der Waals surface area (Å²) in [5.41, 5.74) is 1.17. The summed E-state index contributed by atoms with van der Waals surface area (Å²) < 4.78 is 5.12. The van der Waals surface area contributed by atoms with Crippen LogP contribution in [-0.4, -0.2) is 19.7 Å². The highest BCUT2D eigenvalue weighted by molar-refractivity contribution is 7.10. The number of carbonyl (C=O) groups excluding carboxylic acids is 1. The van der Waals surface area contributed by atoms with Crippen molar-refractivity contribution in [3.05, 3.63) is 52.2 Å². The first-order valence-electron chi connectivity index (χ1n) is 7.43. The van der Waals surface area contributed by atoms with Crippen molar-refractivity contribution in [3.8, 4) is 5.75 Å². The molecule has 0 radical (unpaired) electrons. The third-order valence-electron chi connectivity index (χ3n) is 3.46. The van der Waals surface area contributed by atoms with E-state index >= 15 is 0 Å². The number of amides is 2. The molecule has 1 unspecified atom stereocenters. The standard InChI is InChI=1S/C17H22N2O2S/c1-3-15(16-5-4-12-22-16)19-17(20)18-11-10-13-6-8-14(21-2)9-7-13/h4-9,12,15H,3,10-11H2,1-2H3,(H2,18,19,20). The zero-order valence-corrected chi connectivity index (χ0v) is 13.8. The summed E-state index contributed by atoms with van der Waals surface area (Å²) in [6.45, 7) is 2.68. The van der Waals surface area contributed by atoms with Crippen LogP contribution in [0.3, 0.4) is 0 Å². The molecule has 0 saturated heterocycles. The molecule has 0 bridgehead atoms. The van der Waals surface area contributed by atoms with Crippen molar-refractivity contribution in [1.82, 2.24) is 10.6 Å².